The van der Waals surface area contributed by atoms with Crippen LogP contribution in [-0.2, 0) is 9.53 Å². The Kier molecular flexibility index (Phi) is 3.94. The lowest BCUT2D eigenvalue weighted by Gasteiger charge is -2.08. The Morgan fingerprint density at radius 3 is 2.78 bits per heavy atom. The maximum absolute atomic E-state index is 11.3. The van der Waals surface area contributed by atoms with Crippen LogP contribution in [0.3, 0.4) is 0 Å². The monoisotopic (exact) mass is 265 g/mol. The number of esters is 1. The zero-order chi connectivity index (χ0) is 13.0. The Morgan fingerprint density at radius 2 is 2.06 bits per heavy atom. The van der Waals surface area contributed by atoms with E-state index >= 15 is 0 Å². The molecule has 0 saturated carbocycles. The Morgan fingerprint density at radius 1 is 1.33 bits per heavy atom. The lowest BCUT2D eigenvalue weighted by Crippen LogP contribution is -2.17. The number of benzene rings is 1. The van der Waals surface area contributed by atoms with Crippen LogP contribution in [0, 0.1) is 0 Å². The summed E-state index contributed by atoms with van der Waals surface area (Å²) >= 11 is 5.95. The number of halogens is 1. The standard InChI is InChI=1S/C12H12ClN3O2/c1-2-18-10(17)7-14-12-9-6-4-3-5-8(9)11(13)15-16-12/h3-6H,2,7H2,1H3,(H,14,16). The quantitative estimate of drug-likeness (QED) is 0.859. The number of fused-ring (bicyclic) bond motifs is 1. The first kappa shape index (κ1) is 12.6. The van der Waals surface area contributed by atoms with Crippen molar-refractivity contribution in [1.82, 2.24) is 10.2 Å². The number of hydrogen-bond donors (Lipinski definition) is 1. The lowest BCUT2D eigenvalue weighted by molar-refractivity contribution is -0.140. The van der Waals surface area contributed by atoms with E-state index in [0.717, 1.165) is 10.8 Å². The third-order valence-corrected chi connectivity index (χ3v) is 2.63. The fraction of sp³-hybridized carbons (Fsp3) is 0.250. The Bertz CT molecular complexity index is 574. The molecule has 0 radical (unpaired) electrons. The van der Waals surface area contributed by atoms with Gasteiger partial charge >= 0.3 is 5.97 Å². The molecule has 0 atom stereocenters. The molecule has 0 aliphatic rings. The van der Waals surface area contributed by atoms with Crippen molar-refractivity contribution in [2.24, 2.45) is 0 Å². The highest BCUT2D eigenvalue weighted by Gasteiger charge is 2.08. The highest BCUT2D eigenvalue weighted by molar-refractivity contribution is 6.34. The Labute approximate surface area is 109 Å². The Hall–Kier alpha value is -1.88. The van der Waals surface area contributed by atoms with Gasteiger partial charge in [-0.2, -0.15) is 0 Å². The summed E-state index contributed by atoms with van der Waals surface area (Å²) in [6, 6.07) is 7.45. The van der Waals surface area contributed by atoms with Crippen molar-refractivity contribution < 1.29 is 9.53 Å². The van der Waals surface area contributed by atoms with Crippen LogP contribution in [0.25, 0.3) is 10.8 Å². The van der Waals surface area contributed by atoms with Crippen LogP contribution in [-0.4, -0.2) is 29.3 Å². The van der Waals surface area contributed by atoms with Crippen molar-refractivity contribution in [3.05, 3.63) is 29.4 Å². The summed E-state index contributed by atoms with van der Waals surface area (Å²) in [5, 5.41) is 12.6. The van der Waals surface area contributed by atoms with Crippen LogP contribution < -0.4 is 5.32 Å². The van der Waals surface area contributed by atoms with E-state index in [1.54, 1.807) is 6.92 Å². The maximum atomic E-state index is 11.3. The van der Waals surface area contributed by atoms with Gasteiger partial charge in [-0.05, 0) is 6.92 Å². The van der Waals surface area contributed by atoms with Crippen molar-refractivity contribution in [3.8, 4) is 0 Å². The first-order valence-electron chi connectivity index (χ1n) is 5.52. The zero-order valence-corrected chi connectivity index (χ0v) is 10.6. The summed E-state index contributed by atoms with van der Waals surface area (Å²) in [5.41, 5.74) is 0. The zero-order valence-electron chi connectivity index (χ0n) is 9.81. The number of carbonyl (C=O) groups is 1. The first-order chi connectivity index (χ1) is 8.72. The van der Waals surface area contributed by atoms with Gasteiger partial charge in [0.15, 0.2) is 11.0 Å². The molecular weight excluding hydrogens is 254 g/mol. The molecule has 1 aromatic carbocycles. The van der Waals surface area contributed by atoms with Crippen molar-refractivity contribution in [1.29, 1.82) is 0 Å². The van der Waals surface area contributed by atoms with Crippen molar-refractivity contribution in [2.45, 2.75) is 6.92 Å². The van der Waals surface area contributed by atoms with Gasteiger partial charge in [0.2, 0.25) is 0 Å². The van der Waals surface area contributed by atoms with E-state index in [0.29, 0.717) is 17.6 Å². The predicted octanol–water partition coefficient (Wildman–Crippen LogP) is 2.26. The van der Waals surface area contributed by atoms with Crippen LogP contribution >= 0.6 is 11.6 Å². The lowest BCUT2D eigenvalue weighted by atomic mass is 10.2. The molecule has 0 spiro atoms. The average molecular weight is 266 g/mol. The van der Waals surface area contributed by atoms with E-state index in [-0.39, 0.29) is 12.5 Å². The molecule has 6 heteroatoms. The van der Waals surface area contributed by atoms with E-state index in [2.05, 4.69) is 15.5 Å². The molecule has 1 heterocycles. The van der Waals surface area contributed by atoms with Crippen molar-refractivity contribution in [2.75, 3.05) is 18.5 Å². The maximum Gasteiger partial charge on any atom is 0.325 e. The molecule has 0 aliphatic carbocycles. The van der Waals surface area contributed by atoms with Gasteiger partial charge in [0.25, 0.3) is 0 Å². The van der Waals surface area contributed by atoms with Gasteiger partial charge < -0.3 is 10.1 Å². The molecule has 0 aliphatic heterocycles. The highest BCUT2D eigenvalue weighted by Crippen LogP contribution is 2.25. The van der Waals surface area contributed by atoms with Gasteiger partial charge in [0, 0.05) is 10.8 Å². The molecule has 0 unspecified atom stereocenters. The minimum atomic E-state index is -0.335. The summed E-state index contributed by atoms with van der Waals surface area (Å²) < 4.78 is 4.82. The molecule has 1 N–H and O–H groups in total. The molecule has 2 rings (SSSR count). The van der Waals surface area contributed by atoms with Gasteiger partial charge in [-0.3, -0.25) is 4.79 Å². The molecule has 94 valence electrons. The van der Waals surface area contributed by atoms with E-state index in [9.17, 15) is 4.79 Å². The second-order valence-corrected chi connectivity index (χ2v) is 3.90. The van der Waals surface area contributed by atoms with Crippen LogP contribution in [0.2, 0.25) is 5.15 Å². The minimum absolute atomic E-state index is 0.0497. The molecule has 18 heavy (non-hydrogen) atoms. The van der Waals surface area contributed by atoms with E-state index in [4.69, 9.17) is 16.3 Å². The van der Waals surface area contributed by atoms with Crippen molar-refractivity contribution in [3.63, 3.8) is 0 Å². The predicted molar refractivity (Wildman–Crippen MR) is 69.7 cm³/mol. The minimum Gasteiger partial charge on any atom is -0.465 e. The molecule has 0 amide bonds. The summed E-state index contributed by atoms with van der Waals surface area (Å²) in [6.07, 6.45) is 0. The third-order valence-electron chi connectivity index (χ3n) is 2.35. The van der Waals surface area contributed by atoms with E-state index in [1.165, 1.54) is 0 Å². The van der Waals surface area contributed by atoms with Gasteiger partial charge in [-0.25, -0.2) is 0 Å². The summed E-state index contributed by atoms with van der Waals surface area (Å²) in [7, 11) is 0. The highest BCUT2D eigenvalue weighted by atomic mass is 35.5. The number of hydrogen-bond acceptors (Lipinski definition) is 5. The normalized spacial score (nSPS) is 10.3. The molecule has 0 bridgehead atoms. The molecule has 0 saturated heterocycles. The summed E-state index contributed by atoms with van der Waals surface area (Å²) in [4.78, 5) is 11.3. The number of aromatic nitrogens is 2. The van der Waals surface area contributed by atoms with Gasteiger partial charge in [-0.1, -0.05) is 35.9 Å². The van der Waals surface area contributed by atoms with Gasteiger partial charge in [0.05, 0.1) is 6.61 Å². The fourth-order valence-corrected chi connectivity index (χ4v) is 1.77. The van der Waals surface area contributed by atoms with Crippen LogP contribution in [0.1, 0.15) is 6.92 Å². The molecular formula is C12H12ClN3O2. The van der Waals surface area contributed by atoms with Crippen LogP contribution in [0.4, 0.5) is 5.82 Å². The number of carbonyl (C=O) groups excluding carboxylic acids is 1. The molecule has 1 aromatic heterocycles. The van der Waals surface area contributed by atoms with Gasteiger partial charge in [0.1, 0.15) is 6.54 Å². The second-order valence-electron chi connectivity index (χ2n) is 3.54. The Balaban J connectivity index is 2.24. The second kappa shape index (κ2) is 5.64. The largest absolute Gasteiger partial charge is 0.465 e. The number of nitrogens with zero attached hydrogens (tertiary/aromatic N) is 2. The number of nitrogens with one attached hydrogen (secondary N) is 1. The molecule has 5 nitrogen and oxygen atoms in total. The molecule has 0 fully saturated rings. The molecule has 2 aromatic rings. The number of ether oxygens (including phenoxy) is 1. The topological polar surface area (TPSA) is 64.1 Å². The number of rotatable bonds is 4. The van der Waals surface area contributed by atoms with Crippen molar-refractivity contribution >= 4 is 34.2 Å². The van der Waals surface area contributed by atoms with Gasteiger partial charge in [-0.15, -0.1) is 10.2 Å². The van der Waals surface area contributed by atoms with E-state index < -0.39 is 0 Å². The summed E-state index contributed by atoms with van der Waals surface area (Å²) in [5.74, 6) is 0.182. The average Bonchev–Trinajstić information content (AvgIpc) is 2.39. The van der Waals surface area contributed by atoms with Crippen LogP contribution in [0.5, 0.6) is 0 Å². The number of anilines is 1. The fourth-order valence-electron chi connectivity index (χ4n) is 1.57. The van der Waals surface area contributed by atoms with E-state index in [1.807, 2.05) is 24.3 Å². The smallest absolute Gasteiger partial charge is 0.325 e. The third kappa shape index (κ3) is 2.68. The first-order valence-corrected chi connectivity index (χ1v) is 5.90. The SMILES string of the molecule is CCOC(=O)CNc1nnc(Cl)c2ccccc12. The van der Waals surface area contributed by atoms with Crippen LogP contribution in [0.15, 0.2) is 24.3 Å². The summed E-state index contributed by atoms with van der Waals surface area (Å²) in [6.45, 7) is 2.16.